The summed E-state index contributed by atoms with van der Waals surface area (Å²) in [5.41, 5.74) is 4.25. The lowest BCUT2D eigenvalue weighted by atomic mass is 10.1. The summed E-state index contributed by atoms with van der Waals surface area (Å²) in [5, 5.41) is 2.40. The maximum absolute atomic E-state index is 12.5. The highest BCUT2D eigenvalue weighted by molar-refractivity contribution is 6.45. The van der Waals surface area contributed by atoms with Crippen molar-refractivity contribution in [1.29, 1.82) is 0 Å². The van der Waals surface area contributed by atoms with Gasteiger partial charge in [-0.1, -0.05) is 30.3 Å². The number of benzene rings is 3. The summed E-state index contributed by atoms with van der Waals surface area (Å²) in [7, 11) is 0. The van der Waals surface area contributed by atoms with Gasteiger partial charge in [-0.2, -0.15) is 0 Å². The average Bonchev–Trinajstić information content (AvgIpc) is 2.81. The molecular formula is C24H17F3N2O4. The molecule has 0 fully saturated rings. The third-order valence-electron chi connectivity index (χ3n) is 4.77. The normalized spacial score (nSPS) is 12.8. The Hall–Kier alpha value is -4.27. The molecule has 0 atom stereocenters. The summed E-state index contributed by atoms with van der Waals surface area (Å²) in [6.45, 7) is 0.357. The van der Waals surface area contributed by atoms with Crippen molar-refractivity contribution in [3.63, 3.8) is 0 Å². The lowest BCUT2D eigenvalue weighted by Gasteiger charge is -2.28. The van der Waals surface area contributed by atoms with E-state index in [1.807, 2.05) is 30.3 Å². The third-order valence-corrected chi connectivity index (χ3v) is 4.77. The van der Waals surface area contributed by atoms with Crippen molar-refractivity contribution in [2.45, 2.75) is 13.0 Å². The Balaban J connectivity index is 1.65. The minimum absolute atomic E-state index is 0.0293. The van der Waals surface area contributed by atoms with Gasteiger partial charge in [0, 0.05) is 16.6 Å². The van der Waals surface area contributed by atoms with E-state index < -0.39 is 17.9 Å². The first-order valence-electron chi connectivity index (χ1n) is 9.77. The van der Waals surface area contributed by atoms with E-state index in [1.165, 1.54) is 17.1 Å². The molecule has 6 nitrogen and oxygen atoms in total. The number of carbonyl (C=O) groups excluding carboxylic acids is 2. The predicted octanol–water partition coefficient (Wildman–Crippen LogP) is 2.80. The second kappa shape index (κ2) is 9.07. The van der Waals surface area contributed by atoms with Crippen LogP contribution in [-0.4, -0.2) is 18.4 Å². The van der Waals surface area contributed by atoms with Crippen molar-refractivity contribution in [3.8, 4) is 11.5 Å². The van der Waals surface area contributed by atoms with Gasteiger partial charge in [0.25, 0.3) is 0 Å². The minimum atomic E-state index is -4.82. The maximum atomic E-state index is 12.5. The second-order valence-electron chi connectivity index (χ2n) is 7.00. The van der Waals surface area contributed by atoms with E-state index in [9.17, 15) is 22.8 Å². The fraction of sp³-hybridized carbons (Fsp3) is 0.0833. The molecule has 168 valence electrons. The Morgan fingerprint density at radius 3 is 2.33 bits per heavy atom. The van der Waals surface area contributed by atoms with Gasteiger partial charge in [-0.15, -0.1) is 13.2 Å². The van der Waals surface area contributed by atoms with Crippen LogP contribution in [0.5, 0.6) is 11.5 Å². The number of nitrogens with zero attached hydrogens (tertiary/aromatic N) is 1. The fourth-order valence-corrected chi connectivity index (χ4v) is 3.32. The monoisotopic (exact) mass is 454 g/mol. The maximum Gasteiger partial charge on any atom is 0.573 e. The van der Waals surface area contributed by atoms with Crippen molar-refractivity contribution < 1.29 is 32.2 Å². The Labute approximate surface area is 186 Å². The first-order valence-corrected chi connectivity index (χ1v) is 9.77. The number of Topliss-reactive ketones (excluding diaryl/α,β-unsaturated/α-hetero) is 1. The van der Waals surface area contributed by atoms with Crippen LogP contribution in [0.15, 0.2) is 72.8 Å². The zero-order chi connectivity index (χ0) is 23.4. The number of nitrogens with one attached hydrogen (secondary N) is 1. The first kappa shape index (κ1) is 21.9. The number of ketones is 1. The molecule has 33 heavy (non-hydrogen) atoms. The molecule has 1 heterocycles. The van der Waals surface area contributed by atoms with E-state index in [2.05, 4.69) is 10.2 Å². The Kier molecular flexibility index (Phi) is 6.03. The van der Waals surface area contributed by atoms with Gasteiger partial charge in [0.2, 0.25) is 5.78 Å². The van der Waals surface area contributed by atoms with Gasteiger partial charge in [0.1, 0.15) is 23.8 Å². The number of ether oxygens (including phenoxy) is 2. The van der Waals surface area contributed by atoms with Crippen LogP contribution in [0.1, 0.15) is 5.56 Å². The molecule has 0 radical (unpaired) electrons. The molecule has 0 aliphatic carbocycles. The number of aldehydes is 1. The Bertz CT molecular complexity index is 1290. The SMILES string of the molecule is O=CC(=O)C1=c2ccc(OCc3ccccc3)cc2=CNN1c1ccc(OC(F)(F)F)cc1. The van der Waals surface area contributed by atoms with Gasteiger partial charge in [0.05, 0.1) is 5.69 Å². The van der Waals surface area contributed by atoms with Crippen LogP contribution in [0.2, 0.25) is 0 Å². The summed E-state index contributed by atoms with van der Waals surface area (Å²) >= 11 is 0. The quantitative estimate of drug-likeness (QED) is 0.438. The summed E-state index contributed by atoms with van der Waals surface area (Å²) < 4.78 is 46.9. The summed E-state index contributed by atoms with van der Waals surface area (Å²) in [6.07, 6.45) is -3.03. The van der Waals surface area contributed by atoms with Crippen molar-refractivity contribution in [2.75, 3.05) is 5.01 Å². The molecule has 4 rings (SSSR count). The number of alkyl halides is 3. The molecular weight excluding hydrogens is 437 g/mol. The summed E-state index contributed by atoms with van der Waals surface area (Å²) in [4.78, 5) is 23.8. The Morgan fingerprint density at radius 1 is 0.970 bits per heavy atom. The van der Waals surface area contributed by atoms with Crippen LogP contribution >= 0.6 is 0 Å². The molecule has 9 heteroatoms. The van der Waals surface area contributed by atoms with E-state index in [-0.39, 0.29) is 12.0 Å². The van der Waals surface area contributed by atoms with Crippen LogP contribution in [0, 0.1) is 0 Å². The number of anilines is 1. The highest BCUT2D eigenvalue weighted by Gasteiger charge is 2.31. The molecule has 0 aromatic heterocycles. The van der Waals surface area contributed by atoms with Crippen molar-refractivity contribution in [1.82, 2.24) is 5.43 Å². The zero-order valence-electron chi connectivity index (χ0n) is 17.0. The van der Waals surface area contributed by atoms with Gasteiger partial charge >= 0.3 is 6.36 Å². The standard InChI is InChI=1S/C24H17F3N2O4/c25-24(26,27)33-19-8-6-18(7-9-19)29-23(22(31)14-30)21-11-10-20(12-17(21)13-28-29)32-15-16-4-2-1-3-5-16/h1-14,28H,15H2. The number of hydrazine groups is 1. The van der Waals surface area contributed by atoms with Crippen molar-refractivity contribution in [3.05, 3.63) is 88.8 Å². The molecule has 1 aliphatic rings. The highest BCUT2D eigenvalue weighted by Crippen LogP contribution is 2.26. The molecule has 3 aromatic rings. The van der Waals surface area contributed by atoms with Gasteiger partial charge in [-0.3, -0.25) is 14.6 Å². The average molecular weight is 454 g/mol. The number of carbonyl (C=O) groups is 2. The van der Waals surface area contributed by atoms with E-state index >= 15 is 0 Å². The molecule has 0 spiro atoms. The topological polar surface area (TPSA) is 67.9 Å². The van der Waals surface area contributed by atoms with Crippen LogP contribution in [0.25, 0.3) is 11.9 Å². The van der Waals surface area contributed by atoms with Gasteiger partial charge in [-0.25, -0.2) is 0 Å². The molecule has 0 unspecified atom stereocenters. The van der Waals surface area contributed by atoms with Crippen LogP contribution in [0.4, 0.5) is 18.9 Å². The minimum Gasteiger partial charge on any atom is -0.489 e. The van der Waals surface area contributed by atoms with Crippen LogP contribution in [-0.2, 0) is 16.2 Å². The number of fused-ring (bicyclic) bond motifs is 1. The second-order valence-corrected chi connectivity index (χ2v) is 7.00. The van der Waals surface area contributed by atoms with Gasteiger partial charge < -0.3 is 14.9 Å². The first-order chi connectivity index (χ1) is 15.8. The van der Waals surface area contributed by atoms with E-state index in [0.29, 0.717) is 28.5 Å². The lowest BCUT2D eigenvalue weighted by molar-refractivity contribution is -0.274. The van der Waals surface area contributed by atoms with Crippen LogP contribution < -0.4 is 30.3 Å². The molecule has 1 aliphatic heterocycles. The molecule has 0 amide bonds. The number of halogens is 3. The Morgan fingerprint density at radius 2 is 1.67 bits per heavy atom. The predicted molar refractivity (Wildman–Crippen MR) is 114 cm³/mol. The smallest absolute Gasteiger partial charge is 0.489 e. The molecule has 0 saturated heterocycles. The fourth-order valence-electron chi connectivity index (χ4n) is 3.32. The number of hydrogen-bond donors (Lipinski definition) is 1. The zero-order valence-corrected chi connectivity index (χ0v) is 17.0. The van der Waals surface area contributed by atoms with Crippen molar-refractivity contribution >= 4 is 29.7 Å². The number of rotatable bonds is 7. The largest absolute Gasteiger partial charge is 0.573 e. The van der Waals surface area contributed by atoms with E-state index in [0.717, 1.165) is 17.7 Å². The molecule has 0 bridgehead atoms. The van der Waals surface area contributed by atoms with Crippen molar-refractivity contribution in [2.24, 2.45) is 0 Å². The molecule has 1 N–H and O–H groups in total. The third kappa shape index (κ3) is 5.15. The van der Waals surface area contributed by atoms with E-state index in [1.54, 1.807) is 24.4 Å². The number of hydrogen-bond acceptors (Lipinski definition) is 6. The van der Waals surface area contributed by atoms with Gasteiger partial charge in [0.15, 0.2) is 6.29 Å². The summed E-state index contributed by atoms with van der Waals surface area (Å²) in [5.74, 6) is -0.641. The molecule has 3 aromatic carbocycles. The highest BCUT2D eigenvalue weighted by atomic mass is 19.4. The lowest BCUT2D eigenvalue weighted by Crippen LogP contribution is -2.49. The summed E-state index contributed by atoms with van der Waals surface area (Å²) in [6, 6.07) is 19.5. The van der Waals surface area contributed by atoms with E-state index in [4.69, 9.17) is 4.74 Å². The van der Waals surface area contributed by atoms with Gasteiger partial charge in [-0.05, 0) is 48.0 Å². The molecule has 0 saturated carbocycles. The van der Waals surface area contributed by atoms with Crippen LogP contribution in [0.3, 0.4) is 0 Å².